The van der Waals surface area contributed by atoms with Crippen LogP contribution in [0.4, 0.5) is 0 Å². The molecule has 1 atom stereocenters. The molecular weight excluding hydrogens is 256 g/mol. The third-order valence-corrected chi connectivity index (χ3v) is 4.35. The maximum Gasteiger partial charge on any atom is -0.00953 e. The van der Waals surface area contributed by atoms with Gasteiger partial charge in [-0.15, -0.1) is 0 Å². The van der Waals surface area contributed by atoms with E-state index in [1.165, 1.54) is 77.0 Å². The van der Waals surface area contributed by atoms with Crippen molar-refractivity contribution in [2.24, 2.45) is 5.92 Å². The minimum absolute atomic E-state index is 0.912. The molecule has 0 aliphatic carbocycles. The van der Waals surface area contributed by atoms with E-state index < -0.39 is 0 Å². The molecule has 0 saturated carbocycles. The lowest BCUT2D eigenvalue weighted by Gasteiger charge is -2.15. The average Bonchev–Trinajstić information content (AvgIpc) is 2.39. The number of unbranched alkanes of at least 4 members (excludes halogenated alkanes) is 7. The number of hydrogen-bond acceptors (Lipinski definition) is 2. The molecule has 110 valence electrons. The summed E-state index contributed by atoms with van der Waals surface area (Å²) in [6.07, 6.45) is 16.8. The Bertz CT molecular complexity index is 148. The van der Waals surface area contributed by atoms with E-state index in [0.29, 0.717) is 0 Å². The van der Waals surface area contributed by atoms with Gasteiger partial charge in [-0.25, -0.2) is 0 Å². The molecule has 0 radical (unpaired) electrons. The van der Waals surface area contributed by atoms with E-state index in [1.807, 2.05) is 0 Å². The molecular formula is C16H34S2. The van der Waals surface area contributed by atoms with Crippen molar-refractivity contribution in [2.45, 2.75) is 84.0 Å². The summed E-state index contributed by atoms with van der Waals surface area (Å²) in [6, 6.07) is 0. The summed E-state index contributed by atoms with van der Waals surface area (Å²) in [6.45, 7) is 2.28. The fraction of sp³-hybridized carbons (Fsp3) is 1.00. The van der Waals surface area contributed by atoms with Crippen LogP contribution in [0.25, 0.3) is 0 Å². The zero-order chi connectivity index (χ0) is 13.5. The summed E-state index contributed by atoms with van der Waals surface area (Å²) in [4.78, 5) is 0. The van der Waals surface area contributed by atoms with Crippen LogP contribution < -0.4 is 0 Å². The molecule has 0 nitrogen and oxygen atoms in total. The van der Waals surface area contributed by atoms with Crippen LogP contribution in [0.15, 0.2) is 0 Å². The molecule has 0 aliphatic heterocycles. The highest BCUT2D eigenvalue weighted by molar-refractivity contribution is 7.80. The van der Waals surface area contributed by atoms with Crippen LogP contribution in [-0.4, -0.2) is 11.5 Å². The molecule has 0 aromatic heterocycles. The lowest BCUT2D eigenvalue weighted by molar-refractivity contribution is 0.412. The van der Waals surface area contributed by atoms with Gasteiger partial charge in [0.2, 0.25) is 0 Å². The van der Waals surface area contributed by atoms with Crippen molar-refractivity contribution in [3.8, 4) is 0 Å². The van der Waals surface area contributed by atoms with Crippen molar-refractivity contribution in [1.29, 1.82) is 0 Å². The zero-order valence-electron chi connectivity index (χ0n) is 12.4. The smallest absolute Gasteiger partial charge is 0.00953 e. The van der Waals surface area contributed by atoms with Crippen LogP contribution in [0, 0.1) is 5.92 Å². The number of thiol groups is 2. The second-order valence-corrected chi connectivity index (χ2v) is 6.40. The van der Waals surface area contributed by atoms with E-state index in [9.17, 15) is 0 Å². The first-order chi connectivity index (χ1) is 8.85. The SMILES string of the molecule is CCCCCCCCCCC(CCS)CCCS. The Hall–Kier alpha value is 0.700. The second kappa shape index (κ2) is 15.8. The van der Waals surface area contributed by atoms with E-state index in [0.717, 1.165) is 17.4 Å². The Balaban J connectivity index is 3.31. The van der Waals surface area contributed by atoms with Gasteiger partial charge in [0.1, 0.15) is 0 Å². The standard InChI is InChI=1S/C16H34S2/c1-2-3-4-5-6-7-8-9-11-16(13-15-18)12-10-14-17/h16-18H,2-15H2,1H3. The van der Waals surface area contributed by atoms with Crippen molar-refractivity contribution in [3.63, 3.8) is 0 Å². The van der Waals surface area contributed by atoms with Gasteiger partial charge < -0.3 is 0 Å². The Labute approximate surface area is 127 Å². The van der Waals surface area contributed by atoms with E-state index in [-0.39, 0.29) is 0 Å². The minimum Gasteiger partial charge on any atom is -0.179 e. The van der Waals surface area contributed by atoms with Crippen molar-refractivity contribution in [1.82, 2.24) is 0 Å². The third-order valence-electron chi connectivity index (χ3n) is 3.77. The summed E-state index contributed by atoms with van der Waals surface area (Å²) < 4.78 is 0. The van der Waals surface area contributed by atoms with Crippen LogP contribution >= 0.6 is 25.3 Å². The average molecular weight is 291 g/mol. The van der Waals surface area contributed by atoms with Gasteiger partial charge in [0.25, 0.3) is 0 Å². The third kappa shape index (κ3) is 13.1. The lowest BCUT2D eigenvalue weighted by atomic mass is 9.93. The lowest BCUT2D eigenvalue weighted by Crippen LogP contribution is -2.02. The number of hydrogen-bond donors (Lipinski definition) is 2. The molecule has 0 N–H and O–H groups in total. The highest BCUT2D eigenvalue weighted by atomic mass is 32.1. The van der Waals surface area contributed by atoms with E-state index in [2.05, 4.69) is 32.2 Å². The largest absolute Gasteiger partial charge is 0.179 e. The van der Waals surface area contributed by atoms with E-state index in [4.69, 9.17) is 0 Å². The molecule has 0 saturated heterocycles. The maximum atomic E-state index is 4.37. The van der Waals surface area contributed by atoms with Crippen LogP contribution in [0.2, 0.25) is 0 Å². The molecule has 0 bridgehead atoms. The minimum atomic E-state index is 0.912. The first-order valence-electron chi connectivity index (χ1n) is 8.06. The normalized spacial score (nSPS) is 12.8. The van der Waals surface area contributed by atoms with Crippen LogP contribution in [0.5, 0.6) is 0 Å². The summed E-state index contributed by atoms with van der Waals surface area (Å²) in [5.74, 6) is 3.00. The van der Waals surface area contributed by atoms with Crippen molar-refractivity contribution < 1.29 is 0 Å². The maximum absolute atomic E-state index is 4.37. The summed E-state index contributed by atoms with van der Waals surface area (Å²) in [7, 11) is 0. The van der Waals surface area contributed by atoms with E-state index >= 15 is 0 Å². The first-order valence-corrected chi connectivity index (χ1v) is 9.33. The first kappa shape index (κ1) is 18.7. The van der Waals surface area contributed by atoms with Gasteiger partial charge in [-0.2, -0.15) is 25.3 Å². The summed E-state index contributed by atoms with van der Waals surface area (Å²) >= 11 is 8.68. The topological polar surface area (TPSA) is 0 Å². The van der Waals surface area contributed by atoms with Gasteiger partial charge in [-0.3, -0.25) is 0 Å². The fourth-order valence-electron chi connectivity index (χ4n) is 2.56. The number of rotatable bonds is 14. The molecule has 0 amide bonds. The van der Waals surface area contributed by atoms with Crippen LogP contribution in [-0.2, 0) is 0 Å². The Morgan fingerprint density at radius 1 is 0.611 bits per heavy atom. The van der Waals surface area contributed by atoms with Crippen LogP contribution in [0.1, 0.15) is 84.0 Å². The quantitative estimate of drug-likeness (QED) is 0.278. The highest BCUT2D eigenvalue weighted by Crippen LogP contribution is 2.21. The molecule has 0 rings (SSSR count). The van der Waals surface area contributed by atoms with Crippen LogP contribution in [0.3, 0.4) is 0 Å². The zero-order valence-corrected chi connectivity index (χ0v) is 14.2. The summed E-state index contributed by atoms with van der Waals surface area (Å²) in [5.41, 5.74) is 0. The molecule has 18 heavy (non-hydrogen) atoms. The molecule has 2 heteroatoms. The van der Waals surface area contributed by atoms with Gasteiger partial charge in [-0.05, 0) is 36.7 Å². The predicted octanol–water partition coefficient (Wildman–Crippen LogP) is 6.16. The van der Waals surface area contributed by atoms with Gasteiger partial charge in [0, 0.05) is 0 Å². The van der Waals surface area contributed by atoms with E-state index in [1.54, 1.807) is 0 Å². The molecule has 1 unspecified atom stereocenters. The van der Waals surface area contributed by atoms with Gasteiger partial charge >= 0.3 is 0 Å². The second-order valence-electron chi connectivity index (χ2n) is 5.51. The van der Waals surface area contributed by atoms with Crippen molar-refractivity contribution >= 4 is 25.3 Å². The van der Waals surface area contributed by atoms with Gasteiger partial charge in [0.05, 0.1) is 0 Å². The monoisotopic (exact) mass is 290 g/mol. The van der Waals surface area contributed by atoms with Crippen molar-refractivity contribution in [3.05, 3.63) is 0 Å². The molecule has 0 spiro atoms. The molecule has 0 aromatic rings. The molecule has 0 heterocycles. The van der Waals surface area contributed by atoms with Gasteiger partial charge in [-0.1, -0.05) is 64.7 Å². The highest BCUT2D eigenvalue weighted by Gasteiger charge is 2.06. The van der Waals surface area contributed by atoms with Gasteiger partial charge in [0.15, 0.2) is 0 Å². The fourth-order valence-corrected chi connectivity index (χ4v) is 3.11. The molecule has 0 aromatic carbocycles. The predicted molar refractivity (Wildman–Crippen MR) is 92.3 cm³/mol. The molecule has 0 aliphatic rings. The summed E-state index contributed by atoms with van der Waals surface area (Å²) in [5, 5.41) is 0. The Morgan fingerprint density at radius 3 is 1.72 bits per heavy atom. The molecule has 0 fully saturated rings. The van der Waals surface area contributed by atoms with Crippen molar-refractivity contribution in [2.75, 3.05) is 11.5 Å². The Kier molecular flexibility index (Phi) is 16.4. The Morgan fingerprint density at radius 2 is 1.17 bits per heavy atom.